The molecule has 6 heterocycles. The van der Waals surface area contributed by atoms with Gasteiger partial charge in [-0.2, -0.15) is 0 Å². The number of alkyl carbamates (subject to hydrolysis) is 2. The third-order valence-corrected chi connectivity index (χ3v) is 13.3. The Bertz CT molecular complexity index is 2800. The third kappa shape index (κ3) is 8.33. The van der Waals surface area contributed by atoms with E-state index >= 15 is 0 Å². The number of methoxy groups -OCH3 is 2. The number of hydrogen-bond acceptors (Lipinski definition) is 9. The minimum atomic E-state index is -0.728. The van der Waals surface area contributed by atoms with Gasteiger partial charge in [0, 0.05) is 45.8 Å². The molecule has 17 heteroatoms. The molecule has 3 aromatic carbocycles. The van der Waals surface area contributed by atoms with E-state index in [1.165, 1.54) is 14.2 Å². The Morgan fingerprint density at radius 1 is 0.727 bits per heavy atom. The van der Waals surface area contributed by atoms with Crippen LogP contribution >= 0.6 is 11.6 Å². The van der Waals surface area contributed by atoms with E-state index in [4.69, 9.17) is 35.8 Å². The van der Waals surface area contributed by atoms with Crippen molar-refractivity contribution in [3.63, 3.8) is 0 Å². The first-order valence-corrected chi connectivity index (χ1v) is 22.8. The number of nitrogens with one attached hydrogen (secondary N) is 4. The lowest BCUT2D eigenvalue weighted by atomic mass is 10.0. The van der Waals surface area contributed by atoms with Crippen molar-refractivity contribution in [3.05, 3.63) is 101 Å². The average molecular weight is 916 g/mol. The Morgan fingerprint density at radius 3 is 1.79 bits per heavy atom. The minimum absolute atomic E-state index is 0.134. The van der Waals surface area contributed by atoms with Crippen LogP contribution < -0.4 is 15.4 Å². The lowest BCUT2D eigenvalue weighted by Crippen LogP contribution is -2.51. The summed E-state index contributed by atoms with van der Waals surface area (Å²) in [6, 6.07) is 20.3. The molecule has 2 fully saturated rings. The van der Waals surface area contributed by atoms with Crippen LogP contribution in [0.3, 0.4) is 0 Å². The molecule has 66 heavy (non-hydrogen) atoms. The number of carbonyl (C=O) groups excluding carboxylic acids is 4. The molecule has 0 spiro atoms. The van der Waals surface area contributed by atoms with Crippen LogP contribution in [0.25, 0.3) is 44.7 Å². The van der Waals surface area contributed by atoms with Crippen molar-refractivity contribution in [2.75, 3.05) is 27.3 Å². The maximum Gasteiger partial charge on any atom is 0.407 e. The number of nitrogens with zero attached hydrogens (tertiary/aromatic N) is 5. The number of hydrogen-bond donors (Lipinski definition) is 4. The number of ether oxygens (including phenoxy) is 3. The molecule has 0 aliphatic carbocycles. The highest BCUT2D eigenvalue weighted by Crippen LogP contribution is 2.46. The standard InChI is InChI=1S/C49H54ClN9O7/c1-26(2)41(55-48(62)64-5)45(60)57-19-7-9-37(57)43-51-24-34(53-43)29-14-18-36-31(21-29)22-39-33-17-13-30(23-40(33)66-47(59(36)39)28-11-15-32(50)16-12-28)35-25-52-44(54-35)38-10-8-20-58(38)46(61)42(27(3)4)56-49(63)65-6/h11-18,21-27,37-38,41-42,47H,7-10,19-20H2,1-6H3,(H,51,53)(H,52,54)(H,55,62)(H,56,63)/t37-,38-,41-,42-,47?/m0/s1. The Kier molecular flexibility index (Phi) is 12.3. The molecule has 4 N–H and O–H groups in total. The number of fused-ring (bicyclic) bond motifs is 5. The lowest BCUT2D eigenvalue weighted by molar-refractivity contribution is -0.136. The predicted octanol–water partition coefficient (Wildman–Crippen LogP) is 8.77. The summed E-state index contributed by atoms with van der Waals surface area (Å²) >= 11 is 6.37. The maximum absolute atomic E-state index is 13.8. The first kappa shape index (κ1) is 44.4. The normalized spacial score (nSPS) is 18.8. The number of halogens is 1. The van der Waals surface area contributed by atoms with E-state index in [1.54, 1.807) is 11.1 Å². The first-order chi connectivity index (χ1) is 31.8. The van der Waals surface area contributed by atoms with Gasteiger partial charge in [0.1, 0.15) is 29.5 Å². The smallest absolute Gasteiger partial charge is 0.407 e. The number of aromatic amines is 2. The van der Waals surface area contributed by atoms with Crippen LogP contribution in [0, 0.1) is 11.8 Å². The van der Waals surface area contributed by atoms with Crippen LogP contribution in [-0.2, 0) is 19.1 Å². The monoisotopic (exact) mass is 915 g/mol. The largest absolute Gasteiger partial charge is 0.465 e. The summed E-state index contributed by atoms with van der Waals surface area (Å²) in [7, 11) is 2.57. The van der Waals surface area contributed by atoms with Crippen LogP contribution in [0.4, 0.5) is 9.59 Å². The molecular weight excluding hydrogens is 862 g/mol. The second-order valence-electron chi connectivity index (χ2n) is 17.9. The van der Waals surface area contributed by atoms with E-state index < -0.39 is 30.5 Å². The van der Waals surface area contributed by atoms with Crippen molar-refractivity contribution in [1.29, 1.82) is 0 Å². The van der Waals surface area contributed by atoms with Gasteiger partial charge in [-0.25, -0.2) is 19.6 Å². The van der Waals surface area contributed by atoms with Gasteiger partial charge < -0.3 is 49.2 Å². The van der Waals surface area contributed by atoms with Crippen LogP contribution in [0.1, 0.15) is 88.9 Å². The van der Waals surface area contributed by atoms with Gasteiger partial charge in [0.15, 0.2) is 0 Å². The number of aromatic nitrogens is 5. The van der Waals surface area contributed by atoms with E-state index in [2.05, 4.69) is 55.5 Å². The molecule has 0 saturated carbocycles. The minimum Gasteiger partial charge on any atom is -0.465 e. The summed E-state index contributed by atoms with van der Waals surface area (Å²) in [5, 5.41) is 7.05. The molecule has 3 aliphatic rings. The third-order valence-electron chi connectivity index (χ3n) is 13.0. The van der Waals surface area contributed by atoms with Crippen molar-refractivity contribution in [3.8, 4) is 39.5 Å². The molecule has 3 aromatic heterocycles. The highest BCUT2D eigenvalue weighted by Gasteiger charge is 2.39. The predicted molar refractivity (Wildman–Crippen MR) is 248 cm³/mol. The van der Waals surface area contributed by atoms with E-state index in [1.807, 2.05) is 75.2 Å². The van der Waals surface area contributed by atoms with Gasteiger partial charge in [0.2, 0.25) is 18.0 Å². The fraction of sp³-hybridized carbons (Fsp3) is 0.388. The van der Waals surface area contributed by atoms with Gasteiger partial charge in [-0.1, -0.05) is 63.6 Å². The zero-order valence-electron chi connectivity index (χ0n) is 37.8. The lowest BCUT2D eigenvalue weighted by Gasteiger charge is -2.30. The number of likely N-dealkylation sites (tertiary alicyclic amines) is 2. The number of amides is 4. The quantitative estimate of drug-likeness (QED) is 0.0985. The fourth-order valence-electron chi connectivity index (χ4n) is 9.57. The molecule has 1 unspecified atom stereocenters. The SMILES string of the molecule is COC(=O)N[C@H](C(=O)N1CCC[C@H]1c1ncc(-c2ccc3c(c2)OC(c2ccc(Cl)cc2)n2c-3cc3cc(-c4cnc([C@@H]5CCCN5C(=O)[C@@H](NC(=O)OC)C(C)C)[nH]4)ccc32)[nH]1)C(C)C. The maximum atomic E-state index is 13.8. The molecular formula is C49H54ClN9O7. The summed E-state index contributed by atoms with van der Waals surface area (Å²) in [6.07, 6.45) is 4.92. The Labute approximate surface area is 387 Å². The second-order valence-corrected chi connectivity index (χ2v) is 18.3. The molecule has 9 rings (SSSR count). The Morgan fingerprint density at radius 2 is 1.26 bits per heavy atom. The van der Waals surface area contributed by atoms with Gasteiger partial charge in [-0.05, 0) is 80.0 Å². The molecule has 3 aliphatic heterocycles. The Hall–Kier alpha value is -6.81. The van der Waals surface area contributed by atoms with Gasteiger partial charge in [0.25, 0.3) is 0 Å². The average Bonchev–Trinajstić information content (AvgIpc) is 4.18. The van der Waals surface area contributed by atoms with E-state index in [0.29, 0.717) is 35.5 Å². The van der Waals surface area contributed by atoms with E-state index in [-0.39, 0.29) is 35.7 Å². The number of H-pyrrole nitrogens is 2. The second kappa shape index (κ2) is 18.2. The van der Waals surface area contributed by atoms with Gasteiger partial charge in [-0.3, -0.25) is 9.59 Å². The van der Waals surface area contributed by atoms with Crippen molar-refractivity contribution in [2.45, 2.75) is 83.8 Å². The van der Waals surface area contributed by atoms with Crippen LogP contribution in [-0.4, -0.2) is 97.7 Å². The van der Waals surface area contributed by atoms with E-state index in [9.17, 15) is 19.2 Å². The molecule has 6 aromatic rings. The molecule has 0 bridgehead atoms. The molecule has 2 saturated heterocycles. The topological polar surface area (TPSA) is 189 Å². The molecule has 344 valence electrons. The fourth-order valence-corrected chi connectivity index (χ4v) is 9.70. The summed E-state index contributed by atoms with van der Waals surface area (Å²) < 4.78 is 18.7. The molecule has 4 amide bonds. The number of rotatable bonds is 11. The summed E-state index contributed by atoms with van der Waals surface area (Å²) in [6.45, 7) is 8.71. The van der Waals surface area contributed by atoms with E-state index in [0.717, 1.165) is 75.9 Å². The van der Waals surface area contributed by atoms with Crippen molar-refractivity contribution < 1.29 is 33.4 Å². The van der Waals surface area contributed by atoms with Crippen molar-refractivity contribution in [2.24, 2.45) is 11.8 Å². The van der Waals surface area contributed by atoms with Crippen LogP contribution in [0.2, 0.25) is 5.02 Å². The highest BCUT2D eigenvalue weighted by molar-refractivity contribution is 6.30. The molecule has 5 atom stereocenters. The van der Waals surface area contributed by atoms with Crippen molar-refractivity contribution >= 4 is 46.5 Å². The zero-order valence-corrected chi connectivity index (χ0v) is 38.5. The summed E-state index contributed by atoms with van der Waals surface area (Å²) in [5.41, 5.74) is 7.20. The van der Waals surface area contributed by atoms with Gasteiger partial charge in [-0.15, -0.1) is 0 Å². The number of imidazole rings is 2. The van der Waals surface area contributed by atoms with Gasteiger partial charge in [0.05, 0.1) is 61.3 Å². The Balaban J connectivity index is 1.01. The first-order valence-electron chi connectivity index (χ1n) is 22.5. The molecule has 0 radical (unpaired) electrons. The number of benzene rings is 3. The zero-order chi connectivity index (χ0) is 46.4. The highest BCUT2D eigenvalue weighted by atomic mass is 35.5. The molecule has 16 nitrogen and oxygen atoms in total. The number of carbonyl (C=O) groups is 4. The van der Waals surface area contributed by atoms with Crippen molar-refractivity contribution in [1.82, 2.24) is 44.9 Å². The summed E-state index contributed by atoms with van der Waals surface area (Å²) in [5.74, 6) is 1.47. The van der Waals surface area contributed by atoms with Crippen LogP contribution in [0.15, 0.2) is 79.1 Å². The summed E-state index contributed by atoms with van der Waals surface area (Å²) in [4.78, 5) is 72.0. The van der Waals surface area contributed by atoms with Gasteiger partial charge >= 0.3 is 12.2 Å². The van der Waals surface area contributed by atoms with Crippen LogP contribution in [0.5, 0.6) is 5.75 Å².